The van der Waals surface area contributed by atoms with E-state index in [1.54, 1.807) is 0 Å². The molecule has 20 heavy (non-hydrogen) atoms. The minimum atomic E-state index is -1.18. The second-order valence-electron chi connectivity index (χ2n) is 4.10. The van der Waals surface area contributed by atoms with Gasteiger partial charge in [0.2, 0.25) is 0 Å². The van der Waals surface area contributed by atoms with Crippen LogP contribution in [0.2, 0.25) is 0 Å². The first-order chi connectivity index (χ1) is 9.32. The summed E-state index contributed by atoms with van der Waals surface area (Å²) in [6, 6.07) is 0. The maximum Gasteiger partial charge on any atom is 0.346 e. The van der Waals surface area contributed by atoms with Crippen LogP contribution < -0.4 is 11.2 Å². The van der Waals surface area contributed by atoms with Gasteiger partial charge in [0.25, 0.3) is 5.56 Å². The summed E-state index contributed by atoms with van der Waals surface area (Å²) in [4.78, 5) is 48.0. The summed E-state index contributed by atoms with van der Waals surface area (Å²) in [6.07, 6.45) is -0.372. The quantitative estimate of drug-likeness (QED) is 0.741. The Bertz CT molecular complexity index is 828. The fourth-order valence-corrected chi connectivity index (χ4v) is 2.89. The molecule has 0 saturated heterocycles. The number of aliphatic carboxylic acids is 1. The summed E-state index contributed by atoms with van der Waals surface area (Å²) >= 11 is 0.809. The van der Waals surface area contributed by atoms with Gasteiger partial charge in [-0.1, -0.05) is 0 Å². The Morgan fingerprint density at radius 3 is 2.50 bits per heavy atom. The summed E-state index contributed by atoms with van der Waals surface area (Å²) < 4.78 is 0.766. The number of carboxylic acids is 2. The van der Waals surface area contributed by atoms with Crippen molar-refractivity contribution in [2.45, 2.75) is 19.9 Å². The fourth-order valence-electron chi connectivity index (χ4n) is 1.87. The third kappa shape index (κ3) is 2.23. The lowest BCUT2D eigenvalue weighted by atomic mass is 10.2. The molecule has 0 aliphatic carbocycles. The van der Waals surface area contributed by atoms with Crippen LogP contribution in [0.4, 0.5) is 0 Å². The van der Waals surface area contributed by atoms with E-state index in [0.29, 0.717) is 0 Å². The summed E-state index contributed by atoms with van der Waals surface area (Å²) in [5.41, 5.74) is -1.16. The molecule has 0 aliphatic rings. The van der Waals surface area contributed by atoms with E-state index in [4.69, 9.17) is 10.2 Å². The molecule has 2 aromatic heterocycles. The summed E-state index contributed by atoms with van der Waals surface area (Å²) in [7, 11) is 0. The van der Waals surface area contributed by atoms with Gasteiger partial charge in [0.15, 0.2) is 0 Å². The van der Waals surface area contributed by atoms with Crippen molar-refractivity contribution in [3.8, 4) is 0 Å². The van der Waals surface area contributed by atoms with Gasteiger partial charge >= 0.3 is 17.6 Å². The highest BCUT2D eigenvalue weighted by atomic mass is 32.1. The molecule has 9 heteroatoms. The highest BCUT2D eigenvalue weighted by molar-refractivity contribution is 7.20. The van der Waals surface area contributed by atoms with E-state index in [9.17, 15) is 19.2 Å². The monoisotopic (exact) mass is 298 g/mol. The highest BCUT2D eigenvalue weighted by Crippen LogP contribution is 2.25. The average molecular weight is 298 g/mol. The van der Waals surface area contributed by atoms with E-state index in [2.05, 4.69) is 4.98 Å². The Morgan fingerprint density at radius 2 is 1.95 bits per heavy atom. The predicted octanol–water partition coefficient (Wildman–Crippen LogP) is 0.233. The number of thiophene rings is 1. The van der Waals surface area contributed by atoms with E-state index >= 15 is 0 Å². The smallest absolute Gasteiger partial charge is 0.346 e. The van der Waals surface area contributed by atoms with Crippen molar-refractivity contribution in [3.63, 3.8) is 0 Å². The normalized spacial score (nSPS) is 10.8. The molecule has 0 atom stereocenters. The topological polar surface area (TPSA) is 129 Å². The fraction of sp³-hybridized carbons (Fsp3) is 0.273. The maximum absolute atomic E-state index is 12.2. The first-order valence-electron chi connectivity index (χ1n) is 5.54. The van der Waals surface area contributed by atoms with Crippen molar-refractivity contribution in [1.82, 2.24) is 9.55 Å². The van der Waals surface area contributed by atoms with Crippen LogP contribution in [0.15, 0.2) is 9.59 Å². The van der Waals surface area contributed by atoms with E-state index in [1.807, 2.05) is 0 Å². The number of hydrogen-bond acceptors (Lipinski definition) is 5. The van der Waals surface area contributed by atoms with Crippen molar-refractivity contribution in [2.24, 2.45) is 0 Å². The van der Waals surface area contributed by atoms with Crippen LogP contribution in [0, 0.1) is 6.92 Å². The molecular weight excluding hydrogens is 288 g/mol. The first-order valence-corrected chi connectivity index (χ1v) is 6.36. The molecule has 2 rings (SSSR count). The number of aromatic nitrogens is 2. The standard InChI is InChI=1S/C11H10N2O6S/c1-4-6-8(20-7(4)10(17)18)12-11(19)13(9(6)16)3-2-5(14)15/h2-3H2,1H3,(H,12,19)(H,14,15)(H,17,18). The zero-order valence-corrected chi connectivity index (χ0v) is 11.1. The minimum absolute atomic E-state index is 0.0243. The lowest BCUT2D eigenvalue weighted by Crippen LogP contribution is -2.35. The van der Waals surface area contributed by atoms with Crippen LogP contribution in [0.5, 0.6) is 0 Å². The van der Waals surface area contributed by atoms with Crippen molar-refractivity contribution in [3.05, 3.63) is 31.3 Å². The molecule has 3 N–H and O–H groups in total. The third-order valence-electron chi connectivity index (χ3n) is 2.81. The molecular formula is C11H10N2O6S. The van der Waals surface area contributed by atoms with Crippen LogP contribution in [0.3, 0.4) is 0 Å². The van der Waals surface area contributed by atoms with Crippen molar-refractivity contribution in [1.29, 1.82) is 0 Å². The van der Waals surface area contributed by atoms with Gasteiger partial charge in [0.1, 0.15) is 9.71 Å². The molecule has 106 valence electrons. The number of H-pyrrole nitrogens is 1. The second-order valence-corrected chi connectivity index (χ2v) is 5.12. The largest absolute Gasteiger partial charge is 0.481 e. The molecule has 2 heterocycles. The zero-order valence-electron chi connectivity index (χ0n) is 10.3. The second kappa shape index (κ2) is 4.93. The lowest BCUT2D eigenvalue weighted by Gasteiger charge is -2.02. The van der Waals surface area contributed by atoms with Gasteiger partial charge in [-0.3, -0.25) is 19.1 Å². The van der Waals surface area contributed by atoms with Crippen LogP contribution in [0.1, 0.15) is 21.7 Å². The Hall–Kier alpha value is -2.42. The molecule has 0 saturated carbocycles. The van der Waals surface area contributed by atoms with Gasteiger partial charge in [-0.05, 0) is 12.5 Å². The maximum atomic E-state index is 12.2. The van der Waals surface area contributed by atoms with Gasteiger partial charge < -0.3 is 10.2 Å². The highest BCUT2D eigenvalue weighted by Gasteiger charge is 2.19. The van der Waals surface area contributed by atoms with Crippen molar-refractivity contribution in [2.75, 3.05) is 0 Å². The number of fused-ring (bicyclic) bond motifs is 1. The zero-order chi connectivity index (χ0) is 15.0. The van der Waals surface area contributed by atoms with E-state index in [0.717, 1.165) is 15.9 Å². The number of carbonyl (C=O) groups is 2. The number of hydrogen-bond donors (Lipinski definition) is 3. The van der Waals surface area contributed by atoms with E-state index < -0.39 is 23.2 Å². The Labute approximate surface area is 114 Å². The van der Waals surface area contributed by atoms with Crippen LogP contribution in [0.25, 0.3) is 10.2 Å². The van der Waals surface area contributed by atoms with Crippen LogP contribution in [-0.4, -0.2) is 31.7 Å². The number of nitrogens with one attached hydrogen (secondary N) is 1. The number of aromatic carboxylic acids is 1. The predicted molar refractivity (Wildman–Crippen MR) is 70.7 cm³/mol. The van der Waals surface area contributed by atoms with Gasteiger partial charge in [-0.15, -0.1) is 11.3 Å². The summed E-state index contributed by atoms with van der Waals surface area (Å²) in [5, 5.41) is 17.7. The van der Waals surface area contributed by atoms with E-state index in [-0.39, 0.29) is 33.6 Å². The minimum Gasteiger partial charge on any atom is -0.481 e. The van der Waals surface area contributed by atoms with Crippen LogP contribution >= 0.6 is 11.3 Å². The number of aromatic amines is 1. The van der Waals surface area contributed by atoms with Gasteiger partial charge in [0, 0.05) is 6.54 Å². The van der Waals surface area contributed by atoms with Crippen molar-refractivity contribution >= 4 is 33.5 Å². The molecule has 2 aromatic rings. The number of carboxylic acid groups (broad SMARTS) is 2. The molecule has 0 unspecified atom stereocenters. The van der Waals surface area contributed by atoms with E-state index in [1.165, 1.54) is 6.92 Å². The Morgan fingerprint density at radius 1 is 1.30 bits per heavy atom. The number of nitrogens with zero attached hydrogens (tertiary/aromatic N) is 1. The Balaban J connectivity index is 2.71. The molecule has 0 bridgehead atoms. The molecule has 0 amide bonds. The lowest BCUT2D eigenvalue weighted by molar-refractivity contribution is -0.137. The molecule has 0 spiro atoms. The third-order valence-corrected chi connectivity index (χ3v) is 4.01. The van der Waals surface area contributed by atoms with Crippen LogP contribution in [-0.2, 0) is 11.3 Å². The number of rotatable bonds is 4. The summed E-state index contributed by atoms with van der Waals surface area (Å²) in [5.74, 6) is -2.31. The van der Waals surface area contributed by atoms with Gasteiger partial charge in [-0.25, -0.2) is 9.59 Å². The average Bonchev–Trinajstić information content (AvgIpc) is 2.65. The van der Waals surface area contributed by atoms with Gasteiger partial charge in [0.05, 0.1) is 11.8 Å². The van der Waals surface area contributed by atoms with Crippen molar-refractivity contribution < 1.29 is 19.8 Å². The first kappa shape index (κ1) is 14.0. The summed E-state index contributed by atoms with van der Waals surface area (Å²) in [6.45, 7) is 1.21. The number of aryl methyl sites for hydroxylation is 1. The van der Waals surface area contributed by atoms with Gasteiger partial charge in [-0.2, -0.15) is 0 Å². The molecule has 0 aliphatic heterocycles. The SMILES string of the molecule is Cc1c(C(=O)O)sc2[nH]c(=O)n(CCC(=O)O)c(=O)c12. The Kier molecular flexibility index (Phi) is 3.45. The molecule has 0 fully saturated rings. The molecule has 0 radical (unpaired) electrons. The molecule has 0 aromatic carbocycles. The molecule has 8 nitrogen and oxygen atoms in total.